The molecule has 0 radical (unpaired) electrons. The summed E-state index contributed by atoms with van der Waals surface area (Å²) in [6.45, 7) is 4.21. The number of aliphatic hydroxyl groups excluding tert-OH is 2. The van der Waals surface area contributed by atoms with Crippen molar-refractivity contribution >= 4 is 0 Å². The molecule has 2 fully saturated rings. The van der Waals surface area contributed by atoms with Crippen LogP contribution in [0.3, 0.4) is 0 Å². The summed E-state index contributed by atoms with van der Waals surface area (Å²) in [6.07, 6.45) is -1.60. The Morgan fingerprint density at radius 1 is 1.21 bits per heavy atom. The summed E-state index contributed by atoms with van der Waals surface area (Å²) in [4.78, 5) is 4.33. The average molecular weight is 340 g/mol. The first-order valence-electron chi connectivity index (χ1n) is 8.32. The van der Waals surface area contributed by atoms with E-state index in [4.69, 9.17) is 9.47 Å². The second-order valence-corrected chi connectivity index (χ2v) is 6.41. The van der Waals surface area contributed by atoms with Gasteiger partial charge in [0.15, 0.2) is 11.6 Å². The number of methoxy groups -OCH3 is 1. The van der Waals surface area contributed by atoms with Crippen molar-refractivity contribution in [3.8, 4) is 5.75 Å². The third kappa shape index (κ3) is 3.70. The van der Waals surface area contributed by atoms with E-state index in [1.807, 2.05) is 0 Å². The molecular formula is C17H25FN2O4. The van der Waals surface area contributed by atoms with Crippen LogP contribution in [0, 0.1) is 5.82 Å². The van der Waals surface area contributed by atoms with Crippen LogP contribution in [0.2, 0.25) is 0 Å². The summed E-state index contributed by atoms with van der Waals surface area (Å²) in [5.41, 5.74) is 0.624. The molecule has 0 saturated carbocycles. The first-order chi connectivity index (χ1) is 11.6. The lowest BCUT2D eigenvalue weighted by molar-refractivity contribution is -0.137. The molecule has 2 aliphatic rings. The van der Waals surface area contributed by atoms with Gasteiger partial charge < -0.3 is 19.7 Å². The van der Waals surface area contributed by atoms with Crippen LogP contribution < -0.4 is 4.74 Å². The quantitative estimate of drug-likeness (QED) is 0.809. The number of ether oxygens (including phenoxy) is 2. The highest BCUT2D eigenvalue weighted by Crippen LogP contribution is 2.22. The molecule has 3 atom stereocenters. The van der Waals surface area contributed by atoms with Gasteiger partial charge >= 0.3 is 0 Å². The lowest BCUT2D eigenvalue weighted by atomic mass is 10.0. The van der Waals surface area contributed by atoms with Crippen molar-refractivity contribution in [2.24, 2.45) is 0 Å². The van der Waals surface area contributed by atoms with Gasteiger partial charge in [-0.2, -0.15) is 0 Å². The molecule has 2 N–H and O–H groups in total. The minimum absolute atomic E-state index is 0.176. The largest absolute Gasteiger partial charge is 0.494 e. The molecule has 0 unspecified atom stereocenters. The number of halogens is 1. The Balaban J connectivity index is 1.56. The highest BCUT2D eigenvalue weighted by atomic mass is 19.1. The van der Waals surface area contributed by atoms with Crippen LogP contribution in [0.1, 0.15) is 5.56 Å². The number of nitrogens with zero attached hydrogens (tertiary/aromatic N) is 2. The maximum atomic E-state index is 14.3. The van der Waals surface area contributed by atoms with E-state index < -0.39 is 12.2 Å². The number of hydrogen-bond acceptors (Lipinski definition) is 6. The molecule has 24 heavy (non-hydrogen) atoms. The Hall–Kier alpha value is -1.25. The zero-order valence-electron chi connectivity index (χ0n) is 13.9. The first-order valence-corrected chi connectivity index (χ1v) is 8.32. The van der Waals surface area contributed by atoms with Crippen molar-refractivity contribution in [2.75, 3.05) is 46.5 Å². The summed E-state index contributed by atoms with van der Waals surface area (Å²) in [6, 6.07) is 5.01. The van der Waals surface area contributed by atoms with Gasteiger partial charge in [0.2, 0.25) is 0 Å². The van der Waals surface area contributed by atoms with Crippen LogP contribution in [0.5, 0.6) is 5.75 Å². The number of piperazine rings is 1. The van der Waals surface area contributed by atoms with Crippen molar-refractivity contribution < 1.29 is 24.1 Å². The van der Waals surface area contributed by atoms with Gasteiger partial charge in [-0.1, -0.05) is 12.1 Å². The van der Waals surface area contributed by atoms with Crippen molar-refractivity contribution in [2.45, 2.75) is 24.8 Å². The van der Waals surface area contributed by atoms with E-state index in [0.717, 1.165) is 26.2 Å². The summed E-state index contributed by atoms with van der Waals surface area (Å²) < 4.78 is 24.6. The normalized spacial score (nSPS) is 29.6. The zero-order chi connectivity index (χ0) is 17.1. The Morgan fingerprint density at radius 3 is 2.67 bits per heavy atom. The van der Waals surface area contributed by atoms with Gasteiger partial charge in [-0.25, -0.2) is 4.39 Å². The average Bonchev–Trinajstić information content (AvgIpc) is 2.60. The van der Waals surface area contributed by atoms with Crippen LogP contribution in [0.4, 0.5) is 4.39 Å². The van der Waals surface area contributed by atoms with Crippen molar-refractivity contribution in [1.29, 1.82) is 0 Å². The van der Waals surface area contributed by atoms with Gasteiger partial charge in [-0.15, -0.1) is 0 Å². The lowest BCUT2D eigenvalue weighted by Gasteiger charge is -2.43. The molecule has 2 heterocycles. The molecule has 2 saturated heterocycles. The van der Waals surface area contributed by atoms with Crippen LogP contribution in [-0.2, 0) is 11.3 Å². The number of rotatable bonds is 4. The van der Waals surface area contributed by atoms with E-state index in [2.05, 4.69) is 9.80 Å². The van der Waals surface area contributed by atoms with E-state index in [-0.39, 0.29) is 24.2 Å². The van der Waals surface area contributed by atoms with Crippen LogP contribution in [0.15, 0.2) is 18.2 Å². The molecule has 0 amide bonds. The standard InChI is InChI=1S/C17H25FN2O4/c1-23-15-4-2-3-12(16(15)18)9-19-5-7-20(8-6-19)13-10-24-11-14(21)17(13)22/h2-4,13-14,17,21-22H,5-11H2,1H3/t13-,14-,17+/m1/s1. The highest BCUT2D eigenvalue weighted by Gasteiger charge is 2.36. The molecule has 1 aromatic rings. The van der Waals surface area contributed by atoms with E-state index in [1.54, 1.807) is 18.2 Å². The zero-order valence-corrected chi connectivity index (χ0v) is 13.9. The number of benzene rings is 1. The summed E-state index contributed by atoms with van der Waals surface area (Å²) >= 11 is 0. The molecule has 0 spiro atoms. The summed E-state index contributed by atoms with van der Waals surface area (Å²) in [5, 5.41) is 19.9. The van der Waals surface area contributed by atoms with Crippen LogP contribution in [0.25, 0.3) is 0 Å². The molecule has 1 aromatic carbocycles. The Bertz CT molecular complexity index is 551. The predicted molar refractivity (Wildman–Crippen MR) is 86.4 cm³/mol. The molecule has 134 valence electrons. The van der Waals surface area contributed by atoms with E-state index in [0.29, 0.717) is 18.7 Å². The first kappa shape index (κ1) is 17.6. The minimum Gasteiger partial charge on any atom is -0.494 e. The molecule has 7 heteroatoms. The van der Waals surface area contributed by atoms with Crippen molar-refractivity contribution in [1.82, 2.24) is 9.80 Å². The van der Waals surface area contributed by atoms with Crippen molar-refractivity contribution in [3.63, 3.8) is 0 Å². The van der Waals surface area contributed by atoms with E-state index in [9.17, 15) is 14.6 Å². The smallest absolute Gasteiger partial charge is 0.169 e. The predicted octanol–water partition coefficient (Wildman–Crippen LogP) is 0.0725. The third-order valence-corrected chi connectivity index (χ3v) is 4.90. The molecule has 0 aliphatic carbocycles. The molecular weight excluding hydrogens is 315 g/mol. The van der Waals surface area contributed by atoms with Gasteiger partial charge in [-0.05, 0) is 6.07 Å². The molecule has 3 rings (SSSR count). The van der Waals surface area contributed by atoms with Gasteiger partial charge in [0, 0.05) is 38.3 Å². The Kier molecular flexibility index (Phi) is 5.68. The molecule has 0 aromatic heterocycles. The Morgan fingerprint density at radius 2 is 1.96 bits per heavy atom. The fourth-order valence-electron chi connectivity index (χ4n) is 3.41. The van der Waals surface area contributed by atoms with Gasteiger partial charge in [0.05, 0.1) is 32.5 Å². The lowest BCUT2D eigenvalue weighted by Crippen LogP contribution is -2.60. The van der Waals surface area contributed by atoms with Gasteiger partial charge in [0.25, 0.3) is 0 Å². The minimum atomic E-state index is -0.826. The van der Waals surface area contributed by atoms with E-state index in [1.165, 1.54) is 7.11 Å². The topological polar surface area (TPSA) is 65.4 Å². The Labute approximate surface area is 141 Å². The fourth-order valence-corrected chi connectivity index (χ4v) is 3.41. The van der Waals surface area contributed by atoms with E-state index >= 15 is 0 Å². The van der Waals surface area contributed by atoms with Gasteiger partial charge in [-0.3, -0.25) is 9.80 Å². The number of aliphatic hydroxyl groups is 2. The molecule has 6 nitrogen and oxygen atoms in total. The maximum absolute atomic E-state index is 14.3. The SMILES string of the molecule is COc1cccc(CN2CCN([C@@H]3COC[C@@H](O)[C@H]3O)CC2)c1F. The fraction of sp³-hybridized carbons (Fsp3) is 0.647. The second-order valence-electron chi connectivity index (χ2n) is 6.41. The van der Waals surface area contributed by atoms with Crippen molar-refractivity contribution in [3.05, 3.63) is 29.6 Å². The maximum Gasteiger partial charge on any atom is 0.169 e. The molecule has 0 bridgehead atoms. The van der Waals surface area contributed by atoms with Crippen LogP contribution in [-0.4, -0.2) is 84.8 Å². The summed E-state index contributed by atoms with van der Waals surface area (Å²) in [7, 11) is 1.47. The third-order valence-electron chi connectivity index (χ3n) is 4.90. The number of hydrogen-bond donors (Lipinski definition) is 2. The second kappa shape index (κ2) is 7.76. The molecule has 2 aliphatic heterocycles. The monoisotopic (exact) mass is 340 g/mol. The highest BCUT2D eigenvalue weighted by molar-refractivity contribution is 5.31. The summed E-state index contributed by atoms with van der Waals surface area (Å²) in [5.74, 6) is -0.0377. The van der Waals surface area contributed by atoms with Crippen LogP contribution >= 0.6 is 0 Å². The van der Waals surface area contributed by atoms with Gasteiger partial charge in [0.1, 0.15) is 6.10 Å².